The van der Waals surface area contributed by atoms with Gasteiger partial charge >= 0.3 is 5.63 Å². The van der Waals surface area contributed by atoms with E-state index in [1.54, 1.807) is 12.1 Å². The molecule has 0 bridgehead atoms. The van der Waals surface area contributed by atoms with Crippen molar-refractivity contribution in [3.63, 3.8) is 0 Å². The summed E-state index contributed by atoms with van der Waals surface area (Å²) in [6, 6.07) is 8.54. The minimum Gasteiger partial charge on any atom is -0.497 e. The predicted octanol–water partition coefficient (Wildman–Crippen LogP) is 2.69. The normalized spacial score (nSPS) is 12.0. The van der Waals surface area contributed by atoms with Gasteiger partial charge in [0.15, 0.2) is 11.5 Å². The molecule has 28 heavy (non-hydrogen) atoms. The molecule has 142 valence electrons. The van der Waals surface area contributed by atoms with Gasteiger partial charge in [0.25, 0.3) is 11.6 Å². The van der Waals surface area contributed by atoms with Gasteiger partial charge in [-0.1, -0.05) is 0 Å². The van der Waals surface area contributed by atoms with Crippen LogP contribution in [0.3, 0.4) is 0 Å². The van der Waals surface area contributed by atoms with Crippen LogP contribution in [-0.4, -0.2) is 24.7 Å². The molecular weight excluding hydrogens is 372 g/mol. The summed E-state index contributed by atoms with van der Waals surface area (Å²) >= 11 is 0. The molecule has 0 saturated carbocycles. The molecule has 10 nitrogen and oxygen atoms in total. The van der Waals surface area contributed by atoms with Crippen molar-refractivity contribution in [2.24, 2.45) is 0 Å². The standard InChI is InChI=1S/C18H12N2O8/c1-25-10-3-2-9-4-11(18(22)28-14(9)5-10)17(21)19-12-6-15-16(27-8-26-15)7-13(12)20(23)24/h2-7H,8H2,1H3,(H,19,21). The van der Waals surface area contributed by atoms with E-state index in [0.29, 0.717) is 11.1 Å². The Hall–Kier alpha value is -4.08. The number of amides is 1. The molecule has 1 N–H and O–H groups in total. The molecule has 2 aromatic carbocycles. The van der Waals surface area contributed by atoms with Gasteiger partial charge in [-0.05, 0) is 18.2 Å². The molecule has 0 spiro atoms. The van der Waals surface area contributed by atoms with Gasteiger partial charge in [0, 0.05) is 17.5 Å². The number of nitrogens with one attached hydrogen (secondary N) is 1. The molecule has 4 rings (SSSR count). The predicted molar refractivity (Wildman–Crippen MR) is 96.2 cm³/mol. The first kappa shape index (κ1) is 17.3. The summed E-state index contributed by atoms with van der Waals surface area (Å²) in [5.41, 5.74) is -1.47. The zero-order chi connectivity index (χ0) is 19.8. The first-order valence-electron chi connectivity index (χ1n) is 7.97. The van der Waals surface area contributed by atoms with E-state index in [-0.39, 0.29) is 35.1 Å². The Balaban J connectivity index is 1.72. The van der Waals surface area contributed by atoms with E-state index in [0.717, 1.165) is 6.07 Å². The molecule has 0 unspecified atom stereocenters. The summed E-state index contributed by atoms with van der Waals surface area (Å²) in [6.07, 6.45) is 0. The maximum absolute atomic E-state index is 12.6. The molecule has 1 amide bonds. The van der Waals surface area contributed by atoms with Crippen molar-refractivity contribution in [2.45, 2.75) is 0 Å². The largest absolute Gasteiger partial charge is 0.497 e. The molecule has 0 radical (unpaired) electrons. The fourth-order valence-electron chi connectivity index (χ4n) is 2.75. The van der Waals surface area contributed by atoms with Gasteiger partial charge in [-0.15, -0.1) is 0 Å². The molecular formula is C18H12N2O8. The average Bonchev–Trinajstić information content (AvgIpc) is 3.13. The number of methoxy groups -OCH3 is 1. The number of carbonyl (C=O) groups is 1. The minimum atomic E-state index is -0.887. The maximum Gasteiger partial charge on any atom is 0.349 e. The minimum absolute atomic E-state index is 0.0817. The van der Waals surface area contributed by atoms with Gasteiger partial charge in [-0.25, -0.2) is 4.79 Å². The molecule has 10 heteroatoms. The van der Waals surface area contributed by atoms with Crippen molar-refractivity contribution in [1.29, 1.82) is 0 Å². The van der Waals surface area contributed by atoms with Crippen LogP contribution in [0.4, 0.5) is 11.4 Å². The lowest BCUT2D eigenvalue weighted by Crippen LogP contribution is -2.21. The monoisotopic (exact) mass is 384 g/mol. The van der Waals surface area contributed by atoms with Crippen LogP contribution in [0.1, 0.15) is 10.4 Å². The number of hydrogen-bond donors (Lipinski definition) is 1. The molecule has 0 fully saturated rings. The summed E-state index contributed by atoms with van der Waals surface area (Å²) in [7, 11) is 1.47. The highest BCUT2D eigenvalue weighted by atomic mass is 16.7. The van der Waals surface area contributed by atoms with E-state index in [4.69, 9.17) is 18.6 Å². The van der Waals surface area contributed by atoms with E-state index in [9.17, 15) is 19.7 Å². The van der Waals surface area contributed by atoms with Crippen LogP contribution in [0.25, 0.3) is 11.0 Å². The van der Waals surface area contributed by atoms with Crippen LogP contribution in [-0.2, 0) is 0 Å². The summed E-state index contributed by atoms with van der Waals surface area (Å²) in [4.78, 5) is 35.4. The first-order valence-corrected chi connectivity index (χ1v) is 7.97. The van der Waals surface area contributed by atoms with Gasteiger partial charge in [-0.2, -0.15) is 0 Å². The summed E-state index contributed by atoms with van der Waals surface area (Å²) in [5.74, 6) is 0.0830. The molecule has 1 aliphatic rings. The fraction of sp³-hybridized carbons (Fsp3) is 0.111. The molecule has 0 atom stereocenters. The van der Waals surface area contributed by atoms with Crippen LogP contribution < -0.4 is 25.2 Å². The lowest BCUT2D eigenvalue weighted by molar-refractivity contribution is -0.384. The van der Waals surface area contributed by atoms with Crippen LogP contribution in [0.15, 0.2) is 45.6 Å². The number of nitro groups is 1. The lowest BCUT2D eigenvalue weighted by atomic mass is 10.1. The van der Waals surface area contributed by atoms with Crippen molar-refractivity contribution in [2.75, 3.05) is 19.2 Å². The van der Waals surface area contributed by atoms with Gasteiger partial charge in [0.1, 0.15) is 22.6 Å². The molecule has 0 saturated heterocycles. The summed E-state index contributed by atoms with van der Waals surface area (Å²) in [6.45, 7) is -0.0817. The van der Waals surface area contributed by atoms with Crippen LogP contribution in [0.2, 0.25) is 0 Å². The number of nitrogens with zero attached hydrogens (tertiary/aromatic N) is 1. The van der Waals surface area contributed by atoms with Gasteiger partial charge < -0.3 is 23.9 Å². The second kappa shape index (κ2) is 6.58. The number of fused-ring (bicyclic) bond motifs is 2. The van der Waals surface area contributed by atoms with E-state index in [2.05, 4.69) is 5.32 Å². The zero-order valence-electron chi connectivity index (χ0n) is 14.4. The third kappa shape index (κ3) is 2.96. The van der Waals surface area contributed by atoms with Gasteiger partial charge in [0.2, 0.25) is 6.79 Å². The topological polar surface area (TPSA) is 130 Å². The third-order valence-electron chi connectivity index (χ3n) is 4.12. The number of hydrogen-bond acceptors (Lipinski definition) is 8. The molecule has 3 aromatic rings. The van der Waals surface area contributed by atoms with Gasteiger partial charge in [-0.3, -0.25) is 14.9 Å². The zero-order valence-corrected chi connectivity index (χ0v) is 14.4. The highest BCUT2D eigenvalue weighted by Crippen LogP contribution is 2.40. The molecule has 1 aliphatic heterocycles. The number of nitro benzene ring substituents is 1. The van der Waals surface area contributed by atoms with E-state index in [1.807, 2.05) is 0 Å². The second-order valence-corrected chi connectivity index (χ2v) is 5.79. The van der Waals surface area contributed by atoms with Crippen molar-refractivity contribution in [3.8, 4) is 17.2 Å². The van der Waals surface area contributed by atoms with E-state index >= 15 is 0 Å². The summed E-state index contributed by atoms with van der Waals surface area (Å²) < 4.78 is 20.5. The Kier molecular flexibility index (Phi) is 4.07. The Labute approximate surface area is 156 Å². The molecule has 0 aliphatic carbocycles. The van der Waals surface area contributed by atoms with Gasteiger partial charge in [0.05, 0.1) is 18.1 Å². The Morgan fingerprint density at radius 2 is 1.93 bits per heavy atom. The summed E-state index contributed by atoms with van der Waals surface area (Å²) in [5, 5.41) is 14.2. The number of anilines is 1. The van der Waals surface area contributed by atoms with Crippen LogP contribution in [0, 0.1) is 10.1 Å². The van der Waals surface area contributed by atoms with Crippen LogP contribution >= 0.6 is 0 Å². The number of benzene rings is 2. The van der Waals surface area contributed by atoms with Crippen molar-refractivity contribution in [3.05, 3.63) is 62.5 Å². The smallest absolute Gasteiger partial charge is 0.349 e. The average molecular weight is 384 g/mol. The molecule has 2 heterocycles. The Bertz CT molecular complexity index is 1180. The number of ether oxygens (including phenoxy) is 3. The van der Waals surface area contributed by atoms with Crippen molar-refractivity contribution in [1.82, 2.24) is 0 Å². The number of carbonyl (C=O) groups excluding carboxylic acids is 1. The maximum atomic E-state index is 12.6. The molecule has 1 aromatic heterocycles. The first-order chi connectivity index (χ1) is 13.5. The third-order valence-corrected chi connectivity index (χ3v) is 4.12. The van der Waals surface area contributed by atoms with Crippen LogP contribution in [0.5, 0.6) is 17.2 Å². The Morgan fingerprint density at radius 3 is 2.64 bits per heavy atom. The SMILES string of the molecule is COc1ccc2cc(C(=O)Nc3cc4c(cc3[N+](=O)[O-])OCO4)c(=O)oc2c1. The number of rotatable bonds is 4. The Morgan fingerprint density at radius 1 is 1.18 bits per heavy atom. The van der Waals surface area contributed by atoms with Crippen molar-refractivity contribution >= 4 is 28.3 Å². The highest BCUT2D eigenvalue weighted by molar-refractivity contribution is 6.06. The van der Waals surface area contributed by atoms with Crippen molar-refractivity contribution < 1.29 is 28.3 Å². The fourth-order valence-corrected chi connectivity index (χ4v) is 2.75. The second-order valence-electron chi connectivity index (χ2n) is 5.79. The lowest BCUT2D eigenvalue weighted by Gasteiger charge is -2.08. The quantitative estimate of drug-likeness (QED) is 0.413. The van der Waals surface area contributed by atoms with E-state index in [1.165, 1.54) is 25.3 Å². The highest BCUT2D eigenvalue weighted by Gasteiger charge is 2.25. The van der Waals surface area contributed by atoms with E-state index < -0.39 is 22.1 Å².